The normalized spacial score (nSPS) is 23.7. The van der Waals surface area contributed by atoms with Crippen LogP contribution in [0.4, 0.5) is 0 Å². The Labute approximate surface area is 119 Å². The first kappa shape index (κ1) is 16.9. The highest BCUT2D eigenvalue weighted by Crippen LogP contribution is 2.35. The minimum absolute atomic E-state index is 0.188. The van der Waals surface area contributed by atoms with Crippen LogP contribution in [0.3, 0.4) is 0 Å². The number of nitrogens with zero attached hydrogens (tertiary/aromatic N) is 1. The maximum absolute atomic E-state index is 12.5. The second kappa shape index (κ2) is 6.55. The fraction of sp³-hybridized carbons (Fsp3) is 1.00. The van der Waals surface area contributed by atoms with Crippen molar-refractivity contribution in [3.05, 3.63) is 0 Å². The van der Waals surface area contributed by atoms with E-state index < -0.39 is 10.0 Å². The summed E-state index contributed by atoms with van der Waals surface area (Å²) in [5, 5.41) is 2.86. The minimum Gasteiger partial charge on any atom is -0.315 e. The molecule has 1 saturated heterocycles. The van der Waals surface area contributed by atoms with Gasteiger partial charge in [0.15, 0.2) is 0 Å². The Morgan fingerprint density at radius 1 is 1.37 bits per heavy atom. The number of sulfonamides is 1. The molecule has 2 atom stereocenters. The maximum Gasteiger partial charge on any atom is 0.217 e. The van der Waals surface area contributed by atoms with E-state index in [1.54, 1.807) is 4.31 Å². The largest absolute Gasteiger partial charge is 0.315 e. The molecule has 1 heterocycles. The summed E-state index contributed by atoms with van der Waals surface area (Å²) in [6, 6.07) is 0. The molecule has 0 aliphatic carbocycles. The van der Waals surface area contributed by atoms with Gasteiger partial charge in [0.25, 0.3) is 0 Å². The maximum atomic E-state index is 12.5. The third-order valence-corrected chi connectivity index (χ3v) is 6.34. The Balaban J connectivity index is 2.59. The van der Waals surface area contributed by atoms with Gasteiger partial charge in [-0.3, -0.25) is 0 Å². The molecule has 0 bridgehead atoms. The van der Waals surface area contributed by atoms with Gasteiger partial charge in [-0.05, 0) is 37.6 Å². The molecule has 1 aliphatic rings. The number of hydrogen-bond donors (Lipinski definition) is 1. The van der Waals surface area contributed by atoms with Crippen molar-refractivity contribution >= 4 is 10.0 Å². The van der Waals surface area contributed by atoms with Gasteiger partial charge in [-0.25, -0.2) is 12.7 Å². The molecule has 2 unspecified atom stereocenters. The van der Waals surface area contributed by atoms with E-state index in [-0.39, 0.29) is 10.7 Å². The molecule has 1 N–H and O–H groups in total. The van der Waals surface area contributed by atoms with Gasteiger partial charge >= 0.3 is 0 Å². The first-order chi connectivity index (χ1) is 8.69. The molecular weight excluding hydrogens is 260 g/mol. The molecule has 1 fully saturated rings. The molecule has 0 aromatic carbocycles. The van der Waals surface area contributed by atoms with Crippen LogP contribution in [0.1, 0.15) is 47.5 Å². The van der Waals surface area contributed by atoms with Crippen LogP contribution in [0, 0.1) is 11.3 Å². The van der Waals surface area contributed by atoms with E-state index in [2.05, 4.69) is 33.0 Å². The van der Waals surface area contributed by atoms with Crippen molar-refractivity contribution in [2.45, 2.75) is 52.7 Å². The van der Waals surface area contributed by atoms with Gasteiger partial charge in [0, 0.05) is 19.6 Å². The summed E-state index contributed by atoms with van der Waals surface area (Å²) in [7, 11) is -3.14. The zero-order chi connectivity index (χ0) is 14.7. The average Bonchev–Trinajstić information content (AvgIpc) is 2.78. The van der Waals surface area contributed by atoms with Crippen molar-refractivity contribution in [1.82, 2.24) is 9.62 Å². The van der Waals surface area contributed by atoms with E-state index in [9.17, 15) is 8.42 Å². The lowest BCUT2D eigenvalue weighted by Crippen LogP contribution is -2.41. The summed E-state index contributed by atoms with van der Waals surface area (Å²) in [4.78, 5) is 0. The van der Waals surface area contributed by atoms with Crippen molar-refractivity contribution in [2.24, 2.45) is 11.3 Å². The topological polar surface area (TPSA) is 49.4 Å². The highest BCUT2D eigenvalue weighted by molar-refractivity contribution is 7.89. The Hall–Kier alpha value is -0.130. The van der Waals surface area contributed by atoms with Crippen molar-refractivity contribution in [3.8, 4) is 0 Å². The lowest BCUT2D eigenvalue weighted by molar-refractivity contribution is 0.251. The summed E-state index contributed by atoms with van der Waals surface area (Å²) in [5.41, 5.74) is 0.188. The summed E-state index contributed by atoms with van der Waals surface area (Å²) >= 11 is 0. The lowest BCUT2D eigenvalue weighted by atomic mass is 9.80. The fourth-order valence-corrected chi connectivity index (χ4v) is 4.09. The number of rotatable bonds is 6. The van der Waals surface area contributed by atoms with Gasteiger partial charge in [-0.1, -0.05) is 27.7 Å². The first-order valence-corrected chi connectivity index (χ1v) is 8.89. The van der Waals surface area contributed by atoms with Crippen LogP contribution in [0.25, 0.3) is 0 Å². The predicted molar refractivity (Wildman–Crippen MR) is 80.7 cm³/mol. The molecule has 0 aromatic heterocycles. The van der Waals surface area contributed by atoms with E-state index >= 15 is 0 Å². The zero-order valence-corrected chi connectivity index (χ0v) is 13.9. The Kier molecular flexibility index (Phi) is 5.83. The molecule has 0 aromatic rings. The van der Waals surface area contributed by atoms with Gasteiger partial charge in [0.05, 0.1) is 5.25 Å². The van der Waals surface area contributed by atoms with Crippen molar-refractivity contribution in [2.75, 3.05) is 26.2 Å². The molecule has 114 valence electrons. The van der Waals surface area contributed by atoms with E-state index in [1.807, 2.05) is 6.92 Å². The molecule has 19 heavy (non-hydrogen) atoms. The Morgan fingerprint density at radius 2 is 2.00 bits per heavy atom. The minimum atomic E-state index is -3.14. The van der Waals surface area contributed by atoms with Crippen LogP contribution in [-0.2, 0) is 10.0 Å². The second-order valence-electron chi connectivity index (χ2n) is 6.77. The molecular formula is C14H30N2O2S. The molecule has 0 saturated carbocycles. The SMILES string of the molecule is CCCNCC(C)S(=O)(=O)N1CCC(C(C)(C)C)C1. The Morgan fingerprint density at radius 3 is 2.47 bits per heavy atom. The van der Waals surface area contributed by atoms with Crippen molar-refractivity contribution < 1.29 is 8.42 Å². The Bertz CT molecular complexity index is 373. The molecule has 1 rings (SSSR count). The zero-order valence-electron chi connectivity index (χ0n) is 13.1. The van der Waals surface area contributed by atoms with E-state index in [4.69, 9.17) is 0 Å². The lowest BCUT2D eigenvalue weighted by Gasteiger charge is -2.27. The first-order valence-electron chi connectivity index (χ1n) is 7.39. The molecule has 0 radical (unpaired) electrons. The number of nitrogens with one attached hydrogen (secondary N) is 1. The van der Waals surface area contributed by atoms with Gasteiger partial charge in [0.1, 0.15) is 0 Å². The highest BCUT2D eigenvalue weighted by atomic mass is 32.2. The van der Waals surface area contributed by atoms with E-state index in [0.29, 0.717) is 25.6 Å². The quantitative estimate of drug-likeness (QED) is 0.762. The monoisotopic (exact) mass is 290 g/mol. The highest BCUT2D eigenvalue weighted by Gasteiger charge is 2.38. The average molecular weight is 290 g/mol. The molecule has 0 amide bonds. The van der Waals surface area contributed by atoms with Crippen molar-refractivity contribution in [3.63, 3.8) is 0 Å². The van der Waals surface area contributed by atoms with Crippen LogP contribution in [0.15, 0.2) is 0 Å². The van der Waals surface area contributed by atoms with Gasteiger partial charge in [-0.15, -0.1) is 0 Å². The van der Waals surface area contributed by atoms with Crippen LogP contribution in [0.5, 0.6) is 0 Å². The summed E-state index contributed by atoms with van der Waals surface area (Å²) in [6.07, 6.45) is 2.01. The van der Waals surface area contributed by atoms with Crippen LogP contribution in [0.2, 0.25) is 0 Å². The smallest absolute Gasteiger partial charge is 0.217 e. The van der Waals surface area contributed by atoms with E-state index in [1.165, 1.54) is 0 Å². The van der Waals surface area contributed by atoms with Crippen LogP contribution >= 0.6 is 0 Å². The predicted octanol–water partition coefficient (Wildman–Crippen LogP) is 2.07. The third kappa shape index (κ3) is 4.43. The summed E-state index contributed by atoms with van der Waals surface area (Å²) in [6.45, 7) is 13.3. The third-order valence-electron chi connectivity index (χ3n) is 4.10. The summed E-state index contributed by atoms with van der Waals surface area (Å²) in [5.74, 6) is 0.470. The van der Waals surface area contributed by atoms with Gasteiger partial charge in [0.2, 0.25) is 10.0 Å². The molecule has 5 heteroatoms. The number of hydrogen-bond acceptors (Lipinski definition) is 3. The second-order valence-corrected chi connectivity index (χ2v) is 9.12. The fourth-order valence-electron chi connectivity index (χ4n) is 2.51. The molecule has 0 spiro atoms. The molecule has 1 aliphatic heterocycles. The van der Waals surface area contributed by atoms with Gasteiger partial charge < -0.3 is 5.32 Å². The van der Waals surface area contributed by atoms with Gasteiger partial charge in [-0.2, -0.15) is 0 Å². The summed E-state index contributed by atoms with van der Waals surface area (Å²) < 4.78 is 26.7. The van der Waals surface area contributed by atoms with Crippen molar-refractivity contribution in [1.29, 1.82) is 0 Å². The van der Waals surface area contributed by atoms with E-state index in [0.717, 1.165) is 19.4 Å². The van der Waals surface area contributed by atoms with Crippen LogP contribution < -0.4 is 5.32 Å². The standard InChI is InChI=1S/C14H30N2O2S/c1-6-8-15-10-12(2)19(17,18)16-9-7-13(11-16)14(3,4)5/h12-13,15H,6-11H2,1-5H3. The molecule has 4 nitrogen and oxygen atoms in total. The van der Waals surface area contributed by atoms with Crippen LogP contribution in [-0.4, -0.2) is 44.2 Å².